The van der Waals surface area contributed by atoms with Crippen LogP contribution in [0.25, 0.3) is 11.3 Å². The minimum Gasteiger partial charge on any atom is -0.376 e. The number of aromatic nitrogens is 2. The molecule has 0 atom stereocenters. The summed E-state index contributed by atoms with van der Waals surface area (Å²) >= 11 is 0. The maximum absolute atomic E-state index is 13.6. The van der Waals surface area contributed by atoms with Gasteiger partial charge in [-0.1, -0.05) is 0 Å². The monoisotopic (exact) mass is 266 g/mol. The quantitative estimate of drug-likeness (QED) is 0.644. The summed E-state index contributed by atoms with van der Waals surface area (Å²) < 4.78 is 18.0. The molecule has 9 heteroatoms. The molecule has 0 unspecified atom stereocenters. The van der Waals surface area contributed by atoms with Crippen LogP contribution in [0.5, 0.6) is 6.01 Å². The number of nitrogens with two attached hydrogens (primary N) is 1. The number of nitrogens with zero attached hydrogens (tertiary/aromatic N) is 2. The Bertz CT molecular complexity index is 655. The van der Waals surface area contributed by atoms with Crippen molar-refractivity contribution in [2.24, 2.45) is 5.73 Å². The van der Waals surface area contributed by atoms with Crippen LogP contribution in [0.15, 0.2) is 24.4 Å². The number of primary amides is 1. The molecule has 98 valence electrons. The molecule has 1 amide bonds. The molecule has 0 aliphatic carbocycles. The number of nitro benzene ring substituents is 1. The summed E-state index contributed by atoms with van der Waals surface area (Å²) in [5, 5.41) is 10.6. The van der Waals surface area contributed by atoms with E-state index in [4.69, 9.17) is 5.73 Å². The first-order valence-corrected chi connectivity index (χ1v) is 4.94. The van der Waals surface area contributed by atoms with Crippen LogP contribution >= 0.6 is 0 Å². The molecular weight excluding hydrogens is 259 g/mol. The van der Waals surface area contributed by atoms with E-state index in [9.17, 15) is 19.3 Å². The highest BCUT2D eigenvalue weighted by Crippen LogP contribution is 2.26. The van der Waals surface area contributed by atoms with Gasteiger partial charge in [-0.25, -0.2) is 14.2 Å². The first-order chi connectivity index (χ1) is 8.97. The van der Waals surface area contributed by atoms with Gasteiger partial charge in [0.05, 0.1) is 16.8 Å². The van der Waals surface area contributed by atoms with E-state index in [1.807, 2.05) is 0 Å². The number of aromatic amines is 1. The van der Waals surface area contributed by atoms with Crippen LogP contribution in [0.4, 0.5) is 14.9 Å². The number of carbonyl (C=O) groups is 1. The standard InChI is InChI=1S/C10H7FN4O4/c11-7-2-1-5(15(17)18)3-6(7)8-4-13-10(14-8)19-9(12)16/h1-4H,(H2,12,16)(H,13,14). The lowest BCUT2D eigenvalue weighted by Gasteiger charge is -2.00. The average Bonchev–Trinajstić information content (AvgIpc) is 2.76. The van der Waals surface area contributed by atoms with Crippen LogP contribution in [0.3, 0.4) is 0 Å². The third-order valence-corrected chi connectivity index (χ3v) is 2.20. The Morgan fingerprint density at radius 1 is 1.53 bits per heavy atom. The number of non-ortho nitro benzene ring substituents is 1. The first kappa shape index (κ1) is 12.5. The lowest BCUT2D eigenvalue weighted by molar-refractivity contribution is -0.384. The van der Waals surface area contributed by atoms with Gasteiger partial charge in [-0.05, 0) is 6.07 Å². The van der Waals surface area contributed by atoms with E-state index in [1.165, 1.54) is 6.20 Å². The van der Waals surface area contributed by atoms with Crippen LogP contribution in [-0.4, -0.2) is 21.0 Å². The van der Waals surface area contributed by atoms with Crippen LogP contribution in [0.2, 0.25) is 0 Å². The van der Waals surface area contributed by atoms with Gasteiger partial charge < -0.3 is 15.5 Å². The van der Waals surface area contributed by atoms with Gasteiger partial charge >= 0.3 is 12.1 Å². The molecule has 0 fully saturated rings. The topological polar surface area (TPSA) is 124 Å². The second-order valence-electron chi connectivity index (χ2n) is 3.44. The van der Waals surface area contributed by atoms with Gasteiger partial charge in [0, 0.05) is 17.7 Å². The molecular formula is C10H7FN4O4. The molecule has 0 radical (unpaired) electrons. The number of nitrogens with one attached hydrogen (secondary N) is 1. The number of nitro groups is 1. The van der Waals surface area contributed by atoms with Crippen LogP contribution < -0.4 is 10.5 Å². The zero-order chi connectivity index (χ0) is 14.0. The molecule has 1 heterocycles. The summed E-state index contributed by atoms with van der Waals surface area (Å²) in [5.74, 6) is -0.681. The molecule has 1 aromatic carbocycles. The molecule has 3 N–H and O–H groups in total. The van der Waals surface area contributed by atoms with E-state index in [2.05, 4.69) is 14.7 Å². The van der Waals surface area contributed by atoms with Crippen molar-refractivity contribution in [1.29, 1.82) is 0 Å². The smallest absolute Gasteiger partial charge is 0.376 e. The Labute approximate surface area is 105 Å². The minimum atomic E-state index is -1.08. The number of rotatable bonds is 3. The molecule has 0 bridgehead atoms. The van der Waals surface area contributed by atoms with E-state index < -0.39 is 16.8 Å². The van der Waals surface area contributed by atoms with Gasteiger partial charge in [0.25, 0.3) is 5.69 Å². The second kappa shape index (κ2) is 4.72. The number of hydrogen-bond donors (Lipinski definition) is 2. The number of benzene rings is 1. The summed E-state index contributed by atoms with van der Waals surface area (Å²) in [5.41, 5.74) is 4.56. The Hall–Kier alpha value is -2.97. The highest BCUT2D eigenvalue weighted by Gasteiger charge is 2.15. The fourth-order valence-corrected chi connectivity index (χ4v) is 1.42. The molecule has 0 aliphatic heterocycles. The summed E-state index contributed by atoms with van der Waals surface area (Å²) in [6.07, 6.45) is 0.0841. The van der Waals surface area contributed by atoms with Gasteiger partial charge in [0.1, 0.15) is 5.82 Å². The molecule has 8 nitrogen and oxygen atoms in total. The molecule has 2 aromatic rings. The Kier molecular flexibility index (Phi) is 3.10. The molecule has 1 aromatic heterocycles. The zero-order valence-electron chi connectivity index (χ0n) is 9.29. The van der Waals surface area contributed by atoms with E-state index in [0.29, 0.717) is 0 Å². The van der Waals surface area contributed by atoms with Crippen molar-refractivity contribution in [3.05, 3.63) is 40.3 Å². The first-order valence-electron chi connectivity index (χ1n) is 4.94. The van der Waals surface area contributed by atoms with Crippen molar-refractivity contribution in [3.8, 4) is 17.3 Å². The number of halogens is 1. The summed E-state index contributed by atoms with van der Waals surface area (Å²) in [6.45, 7) is 0. The lowest BCUT2D eigenvalue weighted by Crippen LogP contribution is -2.16. The maximum atomic E-state index is 13.6. The summed E-state index contributed by atoms with van der Waals surface area (Å²) in [7, 11) is 0. The van der Waals surface area contributed by atoms with Crippen molar-refractivity contribution in [3.63, 3.8) is 0 Å². The maximum Gasteiger partial charge on any atom is 0.412 e. The predicted molar refractivity (Wildman–Crippen MR) is 60.8 cm³/mol. The lowest BCUT2D eigenvalue weighted by atomic mass is 10.1. The summed E-state index contributed by atoms with van der Waals surface area (Å²) in [6, 6.07) is 2.81. The van der Waals surface area contributed by atoms with Crippen LogP contribution in [-0.2, 0) is 0 Å². The Balaban J connectivity index is 2.40. The van der Waals surface area contributed by atoms with Crippen molar-refractivity contribution in [2.45, 2.75) is 0 Å². The highest BCUT2D eigenvalue weighted by atomic mass is 19.1. The number of carbonyl (C=O) groups excluding carboxylic acids is 1. The van der Waals surface area contributed by atoms with E-state index in [1.54, 1.807) is 0 Å². The SMILES string of the molecule is NC(=O)Oc1ncc(-c2cc([N+](=O)[O-])ccc2F)[nH]1. The largest absolute Gasteiger partial charge is 0.412 e. The van der Waals surface area contributed by atoms with E-state index in [0.717, 1.165) is 18.2 Å². The van der Waals surface area contributed by atoms with Crippen molar-refractivity contribution in [1.82, 2.24) is 9.97 Å². The molecule has 0 aliphatic rings. The van der Waals surface area contributed by atoms with Gasteiger partial charge in [-0.2, -0.15) is 0 Å². The van der Waals surface area contributed by atoms with Gasteiger partial charge in [0.15, 0.2) is 0 Å². The molecule has 0 saturated carbocycles. The minimum absolute atomic E-state index is 0.0685. The van der Waals surface area contributed by atoms with Crippen LogP contribution in [0.1, 0.15) is 0 Å². The van der Waals surface area contributed by atoms with E-state index >= 15 is 0 Å². The highest BCUT2D eigenvalue weighted by molar-refractivity contribution is 5.68. The van der Waals surface area contributed by atoms with Crippen molar-refractivity contribution in [2.75, 3.05) is 0 Å². The van der Waals surface area contributed by atoms with Crippen LogP contribution in [0, 0.1) is 15.9 Å². The summed E-state index contributed by atoms with van der Waals surface area (Å²) in [4.78, 5) is 26.6. The second-order valence-corrected chi connectivity index (χ2v) is 3.44. The molecule has 0 spiro atoms. The van der Waals surface area contributed by atoms with Crippen molar-refractivity contribution < 1.29 is 18.8 Å². The van der Waals surface area contributed by atoms with Gasteiger partial charge in [-0.15, -0.1) is 0 Å². The normalized spacial score (nSPS) is 10.2. The number of ether oxygens (including phenoxy) is 1. The van der Waals surface area contributed by atoms with Gasteiger partial charge in [0.2, 0.25) is 0 Å². The predicted octanol–water partition coefficient (Wildman–Crippen LogP) is 1.58. The van der Waals surface area contributed by atoms with Crippen molar-refractivity contribution >= 4 is 11.8 Å². The zero-order valence-corrected chi connectivity index (χ0v) is 9.29. The fraction of sp³-hybridized carbons (Fsp3) is 0. The molecule has 2 rings (SSSR count). The average molecular weight is 266 g/mol. The molecule has 0 saturated heterocycles. The van der Waals surface area contributed by atoms with E-state index in [-0.39, 0.29) is 23.0 Å². The Morgan fingerprint density at radius 2 is 2.26 bits per heavy atom. The third kappa shape index (κ3) is 2.65. The number of amides is 1. The fourth-order valence-electron chi connectivity index (χ4n) is 1.42. The number of imidazole rings is 1. The number of hydrogen-bond acceptors (Lipinski definition) is 5. The third-order valence-electron chi connectivity index (χ3n) is 2.20. The number of H-pyrrole nitrogens is 1. The Morgan fingerprint density at radius 3 is 2.89 bits per heavy atom. The molecule has 19 heavy (non-hydrogen) atoms. The van der Waals surface area contributed by atoms with Gasteiger partial charge in [-0.3, -0.25) is 10.1 Å².